The van der Waals surface area contributed by atoms with Gasteiger partial charge in [0, 0.05) is 57.6 Å². The van der Waals surface area contributed by atoms with E-state index in [1.165, 1.54) is 77.5 Å². The van der Waals surface area contributed by atoms with E-state index in [1.807, 2.05) is 0 Å². The first-order valence-corrected chi connectivity index (χ1v) is 20.3. The van der Waals surface area contributed by atoms with Crippen molar-refractivity contribution in [1.82, 2.24) is 15.1 Å². The third kappa shape index (κ3) is 20.0. The second-order valence-electron chi connectivity index (χ2n) is 16.8. The Morgan fingerprint density at radius 1 is 0.557 bits per heavy atom. The predicted molar refractivity (Wildman–Crippen MR) is 251 cm³/mol. The van der Waals surface area contributed by atoms with Gasteiger partial charge in [0.05, 0.1) is 20.3 Å². The lowest BCUT2D eigenvalue weighted by atomic mass is 10.1. The number of nitro benzene ring substituents is 3. The molecule has 0 bridgehead atoms. The second-order valence-corrected chi connectivity index (χ2v) is 16.8. The largest absolute Gasteiger partial charge is 0.478 e. The van der Waals surface area contributed by atoms with Crippen LogP contribution in [-0.2, 0) is 29.1 Å². The van der Waals surface area contributed by atoms with E-state index in [2.05, 4.69) is 5.32 Å². The van der Waals surface area contributed by atoms with Crippen molar-refractivity contribution in [2.75, 3.05) is 26.9 Å². The Morgan fingerprint density at radius 3 is 1.21 bits per heavy atom. The molecule has 0 atom stereocenters. The van der Waals surface area contributed by atoms with E-state index in [-0.39, 0.29) is 46.8 Å². The number of carbonyl (C=O) groups is 6. The molecule has 25 heteroatoms. The molecular formula is C45H55N7O18. The van der Waals surface area contributed by atoms with Gasteiger partial charge in [-0.25, -0.2) is 28.8 Å². The second kappa shape index (κ2) is 26.0. The monoisotopic (exact) mass is 981 g/mol. The maximum Gasteiger partial charge on any atom is 0.410 e. The maximum absolute atomic E-state index is 11.8. The van der Waals surface area contributed by atoms with Crippen LogP contribution in [-0.4, -0.2) is 113 Å². The molecule has 0 heterocycles. The van der Waals surface area contributed by atoms with E-state index in [1.54, 1.807) is 68.6 Å². The van der Waals surface area contributed by atoms with E-state index in [4.69, 9.17) is 35.6 Å². The lowest BCUT2D eigenvalue weighted by Crippen LogP contribution is -2.33. The smallest absolute Gasteiger partial charge is 0.410 e. The van der Waals surface area contributed by atoms with E-state index in [9.17, 15) is 59.1 Å². The quantitative estimate of drug-likeness (QED) is 0.0426. The maximum atomic E-state index is 11.8. The molecule has 0 spiro atoms. The molecule has 7 N–H and O–H groups in total. The summed E-state index contributed by atoms with van der Waals surface area (Å²) in [7, 11) is 4.79. The van der Waals surface area contributed by atoms with Crippen molar-refractivity contribution in [3.05, 3.63) is 148 Å². The summed E-state index contributed by atoms with van der Waals surface area (Å²) in [6, 6.07) is 16.4. The summed E-state index contributed by atoms with van der Waals surface area (Å²) in [5, 5.41) is 70.0. The number of carboxylic acid groups (broad SMARTS) is 4. The van der Waals surface area contributed by atoms with E-state index in [0.717, 1.165) is 6.07 Å². The molecule has 0 unspecified atom stereocenters. The highest BCUT2D eigenvalue weighted by Crippen LogP contribution is 2.23. The molecule has 4 aromatic rings. The molecular weight excluding hydrogens is 927 g/mol. The molecule has 0 saturated carbocycles. The SMILES string of the molecule is CN(Cc1ccc(N)c(C(=O)O)c1)C(=O)OC(C)(C)C.CN(Cc1ccc([N+](=O)[O-])c(C(=O)O)c1)C(=O)OC(C)(C)C.CNCc1ccc([N+](=O)[O-])c(C(=O)O)c1.Cc1ccc([N+](=O)[O-])c(C(=O)O)c1. The van der Waals surface area contributed by atoms with Gasteiger partial charge in [-0.3, -0.25) is 30.3 Å². The summed E-state index contributed by atoms with van der Waals surface area (Å²) in [5.41, 5.74) is 4.86. The van der Waals surface area contributed by atoms with Crippen LogP contribution < -0.4 is 11.1 Å². The zero-order chi connectivity index (χ0) is 54.0. The van der Waals surface area contributed by atoms with E-state index in [0.29, 0.717) is 28.8 Å². The third-order valence-corrected chi connectivity index (χ3v) is 8.53. The molecule has 0 radical (unpaired) electrons. The number of nitrogens with one attached hydrogen (secondary N) is 1. The minimum Gasteiger partial charge on any atom is -0.478 e. The highest BCUT2D eigenvalue weighted by molar-refractivity contribution is 5.94. The minimum atomic E-state index is -1.39. The highest BCUT2D eigenvalue weighted by Gasteiger charge is 2.25. The molecule has 4 rings (SSSR count). The number of carbonyl (C=O) groups excluding carboxylic acids is 2. The molecule has 0 aliphatic carbocycles. The zero-order valence-corrected chi connectivity index (χ0v) is 39.9. The fourth-order valence-electron chi connectivity index (χ4n) is 5.46. The summed E-state index contributed by atoms with van der Waals surface area (Å²) in [5.74, 6) is -5.06. The molecule has 4 aromatic carbocycles. The van der Waals surface area contributed by atoms with Gasteiger partial charge in [0.1, 0.15) is 27.9 Å². The number of benzene rings is 4. The van der Waals surface area contributed by atoms with Crippen molar-refractivity contribution in [3.8, 4) is 0 Å². The summed E-state index contributed by atoms with van der Waals surface area (Å²) in [6.07, 6.45) is -1.03. The average molecular weight is 982 g/mol. The number of aryl methyl sites for hydroxylation is 1. The molecule has 70 heavy (non-hydrogen) atoms. The Hall–Kier alpha value is -8.74. The van der Waals surface area contributed by atoms with Crippen LogP contribution in [0.15, 0.2) is 72.8 Å². The minimum absolute atomic E-state index is 0.0279. The zero-order valence-electron chi connectivity index (χ0n) is 39.9. The van der Waals surface area contributed by atoms with E-state index >= 15 is 0 Å². The van der Waals surface area contributed by atoms with Crippen molar-refractivity contribution in [2.24, 2.45) is 0 Å². The van der Waals surface area contributed by atoms with Gasteiger partial charge >= 0.3 is 36.1 Å². The molecule has 378 valence electrons. The van der Waals surface area contributed by atoms with Crippen LogP contribution in [0, 0.1) is 37.3 Å². The summed E-state index contributed by atoms with van der Waals surface area (Å²) in [4.78, 5) is 99.2. The van der Waals surface area contributed by atoms with Crippen molar-refractivity contribution < 1.29 is 73.4 Å². The first kappa shape index (κ1) is 59.3. The fourth-order valence-corrected chi connectivity index (χ4v) is 5.46. The molecule has 0 fully saturated rings. The van der Waals surface area contributed by atoms with E-state index < -0.39 is 73.3 Å². The highest BCUT2D eigenvalue weighted by atomic mass is 16.6. The van der Waals surface area contributed by atoms with Gasteiger partial charge in [0.25, 0.3) is 17.1 Å². The van der Waals surface area contributed by atoms with Crippen LogP contribution in [0.4, 0.5) is 32.3 Å². The number of aromatic carboxylic acids is 4. The number of rotatable bonds is 13. The average Bonchev–Trinajstić information content (AvgIpc) is 3.23. The number of amides is 2. The van der Waals surface area contributed by atoms with Gasteiger partial charge in [-0.05, 0) is 108 Å². The standard InChI is InChI=1S/C14H18N2O6.C14H20N2O4.C9H10N2O4.C8H7NO4/c1-14(2,3)22-13(19)15(4)8-9-5-6-11(16(20)21)10(7-9)12(17)18;1-14(2,3)20-13(19)16(4)8-9-5-6-11(15)10(7-9)12(17)18;1-10-5-6-2-3-8(11(14)15)7(4-6)9(12)13;1-5-2-3-7(9(12)13)6(4-5)8(10)11/h5-7H,8H2,1-4H3,(H,17,18);5-7H,8,15H2,1-4H3,(H,17,18);2-4,10H,5H2,1H3,(H,12,13);2-4H,1H3,(H,10,11). The van der Waals surface area contributed by atoms with Gasteiger partial charge in [0.15, 0.2) is 0 Å². The summed E-state index contributed by atoms with van der Waals surface area (Å²) >= 11 is 0. The number of carboxylic acids is 4. The van der Waals surface area contributed by atoms with Gasteiger partial charge in [-0.1, -0.05) is 24.3 Å². The third-order valence-electron chi connectivity index (χ3n) is 8.53. The number of nitrogen functional groups attached to an aromatic ring is 1. The molecule has 0 aromatic heterocycles. The number of hydrogen-bond acceptors (Lipinski definition) is 16. The number of ether oxygens (including phenoxy) is 2. The van der Waals surface area contributed by atoms with Crippen molar-refractivity contribution in [2.45, 2.75) is 79.3 Å². The van der Waals surface area contributed by atoms with Gasteiger partial charge in [-0.2, -0.15) is 0 Å². The van der Waals surface area contributed by atoms with Crippen molar-refractivity contribution in [1.29, 1.82) is 0 Å². The Kier molecular flexibility index (Phi) is 22.0. The lowest BCUT2D eigenvalue weighted by Gasteiger charge is -2.24. The predicted octanol–water partition coefficient (Wildman–Crippen LogP) is 7.61. The van der Waals surface area contributed by atoms with Crippen LogP contribution in [0.2, 0.25) is 0 Å². The molecule has 0 saturated heterocycles. The number of nitrogens with zero attached hydrogens (tertiary/aromatic N) is 5. The fraction of sp³-hybridized carbons (Fsp3) is 0.333. The summed E-state index contributed by atoms with van der Waals surface area (Å²) in [6.45, 7) is 13.0. The first-order valence-electron chi connectivity index (χ1n) is 20.3. The molecule has 25 nitrogen and oxygen atoms in total. The summed E-state index contributed by atoms with van der Waals surface area (Å²) < 4.78 is 10.4. The number of anilines is 1. The molecule has 2 amide bonds. The van der Waals surface area contributed by atoms with Crippen LogP contribution in [0.25, 0.3) is 0 Å². The molecule has 0 aliphatic rings. The van der Waals surface area contributed by atoms with Gasteiger partial charge in [0.2, 0.25) is 0 Å². The van der Waals surface area contributed by atoms with Gasteiger partial charge in [-0.15, -0.1) is 0 Å². The number of nitro groups is 3. The van der Waals surface area contributed by atoms with Crippen LogP contribution in [0.3, 0.4) is 0 Å². The van der Waals surface area contributed by atoms with Crippen LogP contribution in [0.1, 0.15) is 105 Å². The Labute approximate surface area is 400 Å². The Morgan fingerprint density at radius 2 is 0.871 bits per heavy atom. The normalized spacial score (nSPS) is 10.5. The topological polar surface area (TPSA) is 376 Å². The van der Waals surface area contributed by atoms with Crippen molar-refractivity contribution >= 4 is 58.8 Å². The number of hydrogen-bond donors (Lipinski definition) is 6. The van der Waals surface area contributed by atoms with Crippen molar-refractivity contribution in [3.63, 3.8) is 0 Å². The first-order chi connectivity index (χ1) is 32.2. The van der Waals surface area contributed by atoms with Gasteiger partial charge < -0.3 is 50.8 Å². The van der Waals surface area contributed by atoms with Crippen LogP contribution in [0.5, 0.6) is 0 Å². The Balaban J connectivity index is 0.000000476. The molecule has 0 aliphatic heterocycles. The van der Waals surface area contributed by atoms with Crippen LogP contribution >= 0.6 is 0 Å². The number of nitrogens with two attached hydrogens (primary N) is 1. The lowest BCUT2D eigenvalue weighted by molar-refractivity contribution is -0.385. The Bertz CT molecular complexity index is 2600.